The lowest BCUT2D eigenvalue weighted by Crippen LogP contribution is -2.51. The van der Waals surface area contributed by atoms with Gasteiger partial charge in [0.15, 0.2) is 0 Å². The highest BCUT2D eigenvalue weighted by atomic mass is 35.5. The van der Waals surface area contributed by atoms with E-state index >= 15 is 0 Å². The van der Waals surface area contributed by atoms with Crippen LogP contribution in [0.25, 0.3) is 0 Å². The highest BCUT2D eigenvalue weighted by Gasteiger charge is 2.48. The normalized spacial score (nSPS) is 18.7. The van der Waals surface area contributed by atoms with Crippen LogP contribution in [0, 0.1) is 5.82 Å². The van der Waals surface area contributed by atoms with Crippen molar-refractivity contribution in [2.75, 3.05) is 57.7 Å². The molecule has 0 saturated carbocycles. The molecule has 9 nitrogen and oxygen atoms in total. The number of hydrogen-bond acceptors (Lipinski definition) is 6. The topological polar surface area (TPSA) is 91.4 Å². The highest BCUT2D eigenvalue weighted by molar-refractivity contribution is 6.31. The van der Waals surface area contributed by atoms with Gasteiger partial charge in [-0.2, -0.15) is 0 Å². The van der Waals surface area contributed by atoms with Crippen LogP contribution >= 0.6 is 11.6 Å². The number of fused-ring (bicyclic) bond motifs is 2. The number of carbonyl (C=O) groups excluding carboxylic acids is 3. The number of likely N-dealkylation sites (tertiary alicyclic amines) is 1. The minimum absolute atomic E-state index is 0.0281. The van der Waals surface area contributed by atoms with Crippen molar-refractivity contribution in [3.05, 3.63) is 58.4 Å². The second-order valence-corrected chi connectivity index (χ2v) is 12.3. The smallest absolute Gasteiger partial charge is 0.410 e. The maximum Gasteiger partial charge on any atom is 0.410 e. The number of hydrogen-bond donors (Lipinski definition) is 1. The Labute approximate surface area is 244 Å². The van der Waals surface area contributed by atoms with Crippen LogP contribution in [0.15, 0.2) is 36.4 Å². The Hall–Kier alpha value is -3.37. The predicted octanol–water partition coefficient (Wildman–Crippen LogP) is 4.54. The van der Waals surface area contributed by atoms with E-state index in [4.69, 9.17) is 21.1 Å². The van der Waals surface area contributed by atoms with Crippen molar-refractivity contribution < 1.29 is 28.2 Å². The first-order chi connectivity index (χ1) is 19.4. The van der Waals surface area contributed by atoms with E-state index in [0.717, 1.165) is 24.3 Å². The van der Waals surface area contributed by atoms with E-state index in [2.05, 4.69) is 10.2 Å². The van der Waals surface area contributed by atoms with Crippen molar-refractivity contribution >= 4 is 35.2 Å². The number of amides is 3. The fourth-order valence-electron chi connectivity index (χ4n) is 5.68. The molecule has 5 rings (SSSR count). The molecule has 3 heterocycles. The number of nitrogens with zero attached hydrogens (tertiary/aromatic N) is 3. The fraction of sp³-hybridized carbons (Fsp3) is 0.500. The summed E-state index contributed by atoms with van der Waals surface area (Å²) >= 11 is 6.21. The molecule has 11 heteroatoms. The zero-order chi connectivity index (χ0) is 29.4. The average molecular weight is 587 g/mol. The third-order valence-corrected chi connectivity index (χ3v) is 8.19. The van der Waals surface area contributed by atoms with Gasteiger partial charge in [0.1, 0.15) is 23.8 Å². The summed E-state index contributed by atoms with van der Waals surface area (Å²) in [5.41, 5.74) is 0.637. The van der Waals surface area contributed by atoms with Crippen LogP contribution in [0.2, 0.25) is 5.02 Å². The van der Waals surface area contributed by atoms with E-state index in [9.17, 15) is 18.8 Å². The van der Waals surface area contributed by atoms with Gasteiger partial charge in [-0.3, -0.25) is 14.5 Å². The lowest BCUT2D eigenvalue weighted by molar-refractivity contribution is -0.122. The quantitative estimate of drug-likeness (QED) is 0.553. The summed E-state index contributed by atoms with van der Waals surface area (Å²) < 4.78 is 26.1. The molecule has 2 saturated heterocycles. The van der Waals surface area contributed by atoms with E-state index in [1.807, 2.05) is 12.1 Å². The first-order valence-corrected chi connectivity index (χ1v) is 14.4. The molecule has 0 aromatic heterocycles. The summed E-state index contributed by atoms with van der Waals surface area (Å²) in [6, 6.07) is 9.81. The van der Waals surface area contributed by atoms with Gasteiger partial charge in [0, 0.05) is 49.5 Å². The molecule has 1 spiro atoms. The summed E-state index contributed by atoms with van der Waals surface area (Å²) in [7, 11) is 0. The van der Waals surface area contributed by atoms with Crippen molar-refractivity contribution in [3.63, 3.8) is 0 Å². The summed E-state index contributed by atoms with van der Waals surface area (Å²) in [5.74, 6) is -0.688. The van der Waals surface area contributed by atoms with Gasteiger partial charge in [0.05, 0.1) is 11.0 Å². The van der Waals surface area contributed by atoms with Crippen LogP contribution in [0.4, 0.5) is 14.9 Å². The minimum Gasteiger partial charge on any atom is -0.492 e. The minimum atomic E-state index is -0.647. The highest BCUT2D eigenvalue weighted by Crippen LogP contribution is 2.45. The summed E-state index contributed by atoms with van der Waals surface area (Å²) in [4.78, 5) is 43.4. The molecule has 0 radical (unpaired) electrons. The Kier molecular flexibility index (Phi) is 8.16. The van der Waals surface area contributed by atoms with E-state index in [1.54, 1.807) is 42.7 Å². The van der Waals surface area contributed by atoms with Crippen LogP contribution < -0.4 is 10.1 Å². The van der Waals surface area contributed by atoms with Gasteiger partial charge in [0.2, 0.25) is 5.91 Å². The maximum absolute atomic E-state index is 14.9. The van der Waals surface area contributed by atoms with Gasteiger partial charge in [-0.05, 0) is 82.6 Å². The molecule has 0 atom stereocenters. The third kappa shape index (κ3) is 6.28. The summed E-state index contributed by atoms with van der Waals surface area (Å²) in [6.45, 7) is 9.09. The van der Waals surface area contributed by atoms with Gasteiger partial charge < -0.3 is 24.6 Å². The molecule has 1 N–H and O–H groups in total. The van der Waals surface area contributed by atoms with Crippen molar-refractivity contribution in [1.29, 1.82) is 0 Å². The summed E-state index contributed by atoms with van der Waals surface area (Å²) in [6.07, 6.45) is 0.952. The zero-order valence-electron chi connectivity index (χ0n) is 23.7. The van der Waals surface area contributed by atoms with Gasteiger partial charge in [-0.25, -0.2) is 9.18 Å². The standard InChI is InChI=1S/C30H36ClFN4O5/c1-29(2,3)41-28(39)36-14-12-35(13-15-36)26(37)22-6-5-21(19-24(22)32)40-17-16-34-10-8-30(9-11-34)23-18-20(31)4-7-25(23)33-27(30)38/h4-7,18-19H,8-17H2,1-3H3,(H,33,38). The molecule has 2 aromatic rings. The summed E-state index contributed by atoms with van der Waals surface area (Å²) in [5, 5.41) is 3.61. The number of benzene rings is 2. The number of halogens is 2. The van der Waals surface area contributed by atoms with E-state index in [1.165, 1.54) is 12.1 Å². The lowest BCUT2D eigenvalue weighted by Gasteiger charge is -2.38. The molecule has 220 valence electrons. The lowest BCUT2D eigenvalue weighted by atomic mass is 9.73. The number of ether oxygens (including phenoxy) is 2. The number of anilines is 1. The second kappa shape index (κ2) is 11.5. The van der Waals surface area contributed by atoms with Crippen LogP contribution in [-0.4, -0.2) is 90.6 Å². The van der Waals surface area contributed by atoms with Crippen LogP contribution in [0.1, 0.15) is 49.5 Å². The maximum atomic E-state index is 14.9. The molecule has 41 heavy (non-hydrogen) atoms. The predicted molar refractivity (Wildman–Crippen MR) is 153 cm³/mol. The zero-order valence-corrected chi connectivity index (χ0v) is 24.4. The molecule has 2 fully saturated rings. The molecule has 3 aliphatic heterocycles. The Balaban J connectivity index is 1.09. The van der Waals surface area contributed by atoms with Crippen molar-refractivity contribution in [2.45, 2.75) is 44.6 Å². The third-order valence-electron chi connectivity index (χ3n) is 7.96. The number of rotatable bonds is 5. The molecular weight excluding hydrogens is 551 g/mol. The monoisotopic (exact) mass is 586 g/mol. The molecule has 0 aliphatic carbocycles. The van der Waals surface area contributed by atoms with E-state index in [0.29, 0.717) is 62.9 Å². The molecule has 0 unspecified atom stereocenters. The average Bonchev–Trinajstić information content (AvgIpc) is 3.18. The first-order valence-electron chi connectivity index (χ1n) is 14.0. The molecule has 2 aromatic carbocycles. The number of piperazine rings is 1. The van der Waals surface area contributed by atoms with Gasteiger partial charge in [0.25, 0.3) is 5.91 Å². The Bertz CT molecular complexity index is 1330. The van der Waals surface area contributed by atoms with Crippen molar-refractivity contribution in [1.82, 2.24) is 14.7 Å². The molecule has 0 bridgehead atoms. The molecule has 3 amide bonds. The largest absolute Gasteiger partial charge is 0.492 e. The number of piperidine rings is 1. The van der Waals surface area contributed by atoms with Crippen molar-refractivity contribution in [3.8, 4) is 5.75 Å². The molecule has 3 aliphatic rings. The van der Waals surface area contributed by atoms with Gasteiger partial charge >= 0.3 is 6.09 Å². The van der Waals surface area contributed by atoms with Crippen LogP contribution in [0.5, 0.6) is 5.75 Å². The Morgan fingerprint density at radius 3 is 2.34 bits per heavy atom. The second-order valence-electron chi connectivity index (χ2n) is 11.8. The Morgan fingerprint density at radius 2 is 1.68 bits per heavy atom. The van der Waals surface area contributed by atoms with E-state index in [-0.39, 0.29) is 11.5 Å². The Morgan fingerprint density at radius 1 is 1.00 bits per heavy atom. The van der Waals surface area contributed by atoms with E-state index < -0.39 is 28.8 Å². The van der Waals surface area contributed by atoms with Crippen LogP contribution in [-0.2, 0) is 14.9 Å². The number of carbonyl (C=O) groups is 3. The van der Waals surface area contributed by atoms with Gasteiger partial charge in [-0.1, -0.05) is 11.6 Å². The van der Waals surface area contributed by atoms with Crippen LogP contribution in [0.3, 0.4) is 0 Å². The van der Waals surface area contributed by atoms with Crippen molar-refractivity contribution in [2.24, 2.45) is 0 Å². The first kappa shape index (κ1) is 29.1. The fourth-order valence-corrected chi connectivity index (χ4v) is 5.85. The molecular formula is C30H36ClFN4O5. The SMILES string of the molecule is CC(C)(C)OC(=O)N1CCN(C(=O)c2ccc(OCCN3CCC4(CC3)C(=O)Nc3ccc(Cl)cc34)cc2F)CC1. The number of nitrogens with one attached hydrogen (secondary N) is 1. The van der Waals surface area contributed by atoms with Gasteiger partial charge in [-0.15, -0.1) is 0 Å².